The SMILES string of the molecule is O=C(O)Cc1cnc(C2CCSC2)[nH]1. The maximum atomic E-state index is 10.4. The molecule has 2 N–H and O–H groups in total. The van der Waals surface area contributed by atoms with Gasteiger partial charge in [-0.2, -0.15) is 11.8 Å². The molecule has 1 saturated heterocycles. The summed E-state index contributed by atoms with van der Waals surface area (Å²) in [7, 11) is 0. The molecule has 2 heterocycles. The lowest BCUT2D eigenvalue weighted by Gasteiger charge is -2.02. The van der Waals surface area contributed by atoms with E-state index in [2.05, 4.69) is 9.97 Å². The number of aliphatic carboxylic acids is 1. The second kappa shape index (κ2) is 4.04. The van der Waals surface area contributed by atoms with Gasteiger partial charge in [0.25, 0.3) is 0 Å². The van der Waals surface area contributed by atoms with Crippen molar-refractivity contribution in [3.8, 4) is 0 Å². The van der Waals surface area contributed by atoms with E-state index in [0.717, 1.165) is 18.0 Å². The highest BCUT2D eigenvalue weighted by molar-refractivity contribution is 7.99. The van der Waals surface area contributed by atoms with Gasteiger partial charge in [0.05, 0.1) is 6.42 Å². The van der Waals surface area contributed by atoms with Crippen LogP contribution in [0, 0.1) is 0 Å². The summed E-state index contributed by atoms with van der Waals surface area (Å²) in [6.45, 7) is 0. The number of aromatic nitrogens is 2. The average Bonchev–Trinajstić information content (AvgIpc) is 2.69. The summed E-state index contributed by atoms with van der Waals surface area (Å²) in [6.07, 6.45) is 2.81. The predicted molar refractivity (Wildman–Crippen MR) is 54.6 cm³/mol. The van der Waals surface area contributed by atoms with E-state index in [9.17, 15) is 4.79 Å². The van der Waals surface area contributed by atoms with Gasteiger partial charge in [0.2, 0.25) is 0 Å². The Morgan fingerprint density at radius 3 is 3.29 bits per heavy atom. The molecule has 0 spiro atoms. The Morgan fingerprint density at radius 1 is 1.79 bits per heavy atom. The Labute approximate surface area is 86.1 Å². The Balaban J connectivity index is 2.05. The maximum absolute atomic E-state index is 10.4. The van der Waals surface area contributed by atoms with E-state index in [-0.39, 0.29) is 6.42 Å². The van der Waals surface area contributed by atoms with E-state index >= 15 is 0 Å². The standard InChI is InChI=1S/C9H12N2O2S/c12-8(13)3-7-4-10-9(11-7)6-1-2-14-5-6/h4,6H,1-3,5H2,(H,10,11)(H,12,13). The van der Waals surface area contributed by atoms with Crippen LogP contribution in [0.5, 0.6) is 0 Å². The quantitative estimate of drug-likeness (QED) is 0.791. The monoisotopic (exact) mass is 212 g/mol. The Bertz CT molecular complexity index is 331. The number of H-pyrrole nitrogens is 1. The van der Waals surface area contributed by atoms with E-state index in [1.807, 2.05) is 11.8 Å². The van der Waals surface area contributed by atoms with Gasteiger partial charge < -0.3 is 10.1 Å². The number of carbonyl (C=O) groups is 1. The molecule has 1 aliphatic rings. The van der Waals surface area contributed by atoms with Crippen LogP contribution in [-0.4, -0.2) is 32.5 Å². The van der Waals surface area contributed by atoms with E-state index in [4.69, 9.17) is 5.11 Å². The lowest BCUT2D eigenvalue weighted by atomic mass is 10.1. The number of hydrogen-bond donors (Lipinski definition) is 2. The Kier molecular flexibility index (Phi) is 2.77. The highest BCUT2D eigenvalue weighted by atomic mass is 32.2. The van der Waals surface area contributed by atoms with Gasteiger partial charge in [-0.3, -0.25) is 4.79 Å². The number of nitrogens with zero attached hydrogens (tertiary/aromatic N) is 1. The fraction of sp³-hybridized carbons (Fsp3) is 0.556. The van der Waals surface area contributed by atoms with Crippen molar-refractivity contribution in [3.63, 3.8) is 0 Å². The molecule has 76 valence electrons. The molecule has 14 heavy (non-hydrogen) atoms. The lowest BCUT2D eigenvalue weighted by Crippen LogP contribution is -2.02. The highest BCUT2D eigenvalue weighted by Crippen LogP contribution is 2.30. The van der Waals surface area contributed by atoms with Gasteiger partial charge in [0.1, 0.15) is 5.82 Å². The van der Waals surface area contributed by atoms with Gasteiger partial charge in [-0.15, -0.1) is 0 Å². The Hall–Kier alpha value is -0.970. The maximum Gasteiger partial charge on any atom is 0.309 e. The summed E-state index contributed by atoms with van der Waals surface area (Å²) in [5.41, 5.74) is 0.699. The van der Waals surface area contributed by atoms with Gasteiger partial charge >= 0.3 is 5.97 Å². The molecular weight excluding hydrogens is 200 g/mol. The highest BCUT2D eigenvalue weighted by Gasteiger charge is 2.20. The van der Waals surface area contributed by atoms with Crippen LogP contribution in [-0.2, 0) is 11.2 Å². The van der Waals surface area contributed by atoms with Crippen LogP contribution in [0.4, 0.5) is 0 Å². The third-order valence-corrected chi connectivity index (χ3v) is 3.47. The number of nitrogens with one attached hydrogen (secondary N) is 1. The first-order valence-corrected chi connectivity index (χ1v) is 5.74. The van der Waals surface area contributed by atoms with Gasteiger partial charge in [-0.05, 0) is 12.2 Å². The van der Waals surface area contributed by atoms with Crippen LogP contribution in [0.3, 0.4) is 0 Å². The number of thioether (sulfide) groups is 1. The molecule has 0 radical (unpaired) electrons. The normalized spacial score (nSPS) is 21.3. The second-order valence-electron chi connectivity index (χ2n) is 3.42. The van der Waals surface area contributed by atoms with Crippen LogP contribution in [0.15, 0.2) is 6.20 Å². The number of carboxylic acids is 1. The largest absolute Gasteiger partial charge is 0.481 e. The number of aromatic amines is 1. The zero-order valence-electron chi connectivity index (χ0n) is 7.69. The van der Waals surface area contributed by atoms with E-state index in [1.165, 1.54) is 5.75 Å². The van der Waals surface area contributed by atoms with Crippen LogP contribution in [0.25, 0.3) is 0 Å². The molecule has 1 atom stereocenters. The molecule has 0 aliphatic carbocycles. The van der Waals surface area contributed by atoms with Crippen molar-refractivity contribution in [1.29, 1.82) is 0 Å². The minimum Gasteiger partial charge on any atom is -0.481 e. The predicted octanol–water partition coefficient (Wildman–Crippen LogP) is 1.26. The van der Waals surface area contributed by atoms with Crippen molar-refractivity contribution < 1.29 is 9.90 Å². The molecule has 0 amide bonds. The summed E-state index contributed by atoms with van der Waals surface area (Å²) in [6, 6.07) is 0. The molecule has 1 unspecified atom stereocenters. The molecule has 1 aromatic heterocycles. The first-order chi connectivity index (χ1) is 6.75. The zero-order valence-corrected chi connectivity index (χ0v) is 8.51. The molecular formula is C9H12N2O2S. The van der Waals surface area contributed by atoms with E-state index < -0.39 is 5.97 Å². The zero-order chi connectivity index (χ0) is 9.97. The van der Waals surface area contributed by atoms with Gasteiger partial charge in [-0.1, -0.05) is 0 Å². The number of rotatable bonds is 3. The van der Waals surface area contributed by atoms with Gasteiger partial charge in [-0.25, -0.2) is 4.98 Å². The number of carboxylic acid groups (broad SMARTS) is 1. The van der Waals surface area contributed by atoms with Gasteiger partial charge in [0, 0.05) is 23.6 Å². The first kappa shape index (κ1) is 9.58. The van der Waals surface area contributed by atoms with Crippen LogP contribution >= 0.6 is 11.8 Å². The summed E-state index contributed by atoms with van der Waals surface area (Å²) in [4.78, 5) is 17.7. The summed E-state index contributed by atoms with van der Waals surface area (Å²) in [5.74, 6) is 2.90. The third-order valence-electron chi connectivity index (χ3n) is 2.31. The summed E-state index contributed by atoms with van der Waals surface area (Å²) in [5, 5.41) is 8.59. The molecule has 0 bridgehead atoms. The molecule has 4 nitrogen and oxygen atoms in total. The van der Waals surface area contributed by atoms with Crippen LogP contribution in [0.2, 0.25) is 0 Å². The van der Waals surface area contributed by atoms with E-state index in [0.29, 0.717) is 11.6 Å². The lowest BCUT2D eigenvalue weighted by molar-refractivity contribution is -0.136. The molecule has 1 fully saturated rings. The fourth-order valence-corrected chi connectivity index (χ4v) is 2.81. The summed E-state index contributed by atoms with van der Waals surface area (Å²) < 4.78 is 0. The third kappa shape index (κ3) is 2.09. The van der Waals surface area contributed by atoms with Crippen molar-refractivity contribution in [2.24, 2.45) is 0 Å². The summed E-state index contributed by atoms with van der Waals surface area (Å²) >= 11 is 1.92. The van der Waals surface area contributed by atoms with Crippen molar-refractivity contribution in [2.75, 3.05) is 11.5 Å². The molecule has 1 aliphatic heterocycles. The molecule has 5 heteroatoms. The minimum atomic E-state index is -0.819. The second-order valence-corrected chi connectivity index (χ2v) is 4.57. The Morgan fingerprint density at radius 2 is 2.64 bits per heavy atom. The van der Waals surface area contributed by atoms with Crippen LogP contribution in [0.1, 0.15) is 23.9 Å². The molecule has 1 aromatic rings. The minimum absolute atomic E-state index is 0.0346. The molecule has 0 aromatic carbocycles. The number of hydrogen-bond acceptors (Lipinski definition) is 3. The van der Waals surface area contributed by atoms with Crippen LogP contribution < -0.4 is 0 Å². The van der Waals surface area contributed by atoms with E-state index in [1.54, 1.807) is 6.20 Å². The molecule has 2 rings (SSSR count). The van der Waals surface area contributed by atoms with Crippen molar-refractivity contribution in [3.05, 3.63) is 17.7 Å². The molecule has 0 saturated carbocycles. The average molecular weight is 212 g/mol. The smallest absolute Gasteiger partial charge is 0.309 e. The first-order valence-electron chi connectivity index (χ1n) is 4.59. The topological polar surface area (TPSA) is 66.0 Å². The van der Waals surface area contributed by atoms with Gasteiger partial charge in [0.15, 0.2) is 0 Å². The number of imidazole rings is 1. The van der Waals surface area contributed by atoms with Crippen molar-refractivity contribution in [1.82, 2.24) is 9.97 Å². The fourth-order valence-electron chi connectivity index (χ4n) is 1.59. The van der Waals surface area contributed by atoms with Crippen molar-refractivity contribution in [2.45, 2.75) is 18.8 Å². The van der Waals surface area contributed by atoms with Crippen molar-refractivity contribution >= 4 is 17.7 Å².